The summed E-state index contributed by atoms with van der Waals surface area (Å²) in [5.41, 5.74) is 4.87. The molecule has 0 aliphatic rings. The zero-order valence-electron chi connectivity index (χ0n) is 10.2. The Morgan fingerprint density at radius 3 is 2.88 bits per heavy atom. The van der Waals surface area contributed by atoms with Gasteiger partial charge in [-0.25, -0.2) is 5.43 Å². The van der Waals surface area contributed by atoms with Crippen LogP contribution in [0.15, 0.2) is 24.7 Å². The molecule has 0 aliphatic heterocycles. The van der Waals surface area contributed by atoms with Gasteiger partial charge in [-0.15, -0.1) is 0 Å². The standard InChI is InChI=1S/C11H18N6/c1-3-6-17-8-9(7-14-17)11(15-12)10-4-5-13-16(10)2/h4-5,7-8,11,15H,3,6,12H2,1-2H3. The lowest BCUT2D eigenvalue weighted by atomic mass is 10.1. The van der Waals surface area contributed by atoms with Crippen LogP contribution in [0.1, 0.15) is 30.6 Å². The SMILES string of the molecule is CCCn1cc(C(NN)c2ccnn2C)cn1. The summed E-state index contributed by atoms with van der Waals surface area (Å²) in [5, 5.41) is 8.45. The largest absolute Gasteiger partial charge is 0.272 e. The zero-order chi connectivity index (χ0) is 12.3. The van der Waals surface area contributed by atoms with E-state index in [2.05, 4.69) is 22.5 Å². The molecule has 0 saturated carbocycles. The van der Waals surface area contributed by atoms with Crippen LogP contribution in [-0.2, 0) is 13.6 Å². The van der Waals surface area contributed by atoms with Crippen molar-refractivity contribution in [1.82, 2.24) is 25.0 Å². The second-order valence-corrected chi connectivity index (χ2v) is 4.02. The molecule has 92 valence electrons. The minimum Gasteiger partial charge on any atom is -0.272 e. The molecule has 2 aromatic heterocycles. The van der Waals surface area contributed by atoms with E-state index in [1.807, 2.05) is 34.9 Å². The Labute approximate surface area is 100 Å². The molecule has 0 saturated heterocycles. The molecule has 2 heterocycles. The summed E-state index contributed by atoms with van der Waals surface area (Å²) in [6, 6.07) is 1.87. The lowest BCUT2D eigenvalue weighted by Gasteiger charge is -2.14. The fourth-order valence-corrected chi connectivity index (χ4v) is 1.90. The van der Waals surface area contributed by atoms with Crippen LogP contribution >= 0.6 is 0 Å². The van der Waals surface area contributed by atoms with Crippen molar-refractivity contribution in [3.63, 3.8) is 0 Å². The van der Waals surface area contributed by atoms with Crippen LogP contribution in [0.3, 0.4) is 0 Å². The molecule has 17 heavy (non-hydrogen) atoms. The lowest BCUT2D eigenvalue weighted by Crippen LogP contribution is -2.30. The van der Waals surface area contributed by atoms with Crippen molar-refractivity contribution in [3.8, 4) is 0 Å². The van der Waals surface area contributed by atoms with Crippen molar-refractivity contribution in [2.24, 2.45) is 12.9 Å². The van der Waals surface area contributed by atoms with Gasteiger partial charge in [0.25, 0.3) is 0 Å². The van der Waals surface area contributed by atoms with Gasteiger partial charge in [0.15, 0.2) is 0 Å². The number of aromatic nitrogens is 4. The van der Waals surface area contributed by atoms with Crippen molar-refractivity contribution in [3.05, 3.63) is 35.9 Å². The third kappa shape index (κ3) is 2.37. The van der Waals surface area contributed by atoms with E-state index in [4.69, 9.17) is 5.84 Å². The van der Waals surface area contributed by atoms with Gasteiger partial charge in [0, 0.05) is 31.5 Å². The first-order chi connectivity index (χ1) is 8.26. The summed E-state index contributed by atoms with van der Waals surface area (Å²) >= 11 is 0. The molecule has 3 N–H and O–H groups in total. The van der Waals surface area contributed by atoms with E-state index in [-0.39, 0.29) is 6.04 Å². The highest BCUT2D eigenvalue weighted by Gasteiger charge is 2.17. The Kier molecular flexibility index (Phi) is 3.55. The number of nitrogens with zero attached hydrogens (tertiary/aromatic N) is 4. The van der Waals surface area contributed by atoms with E-state index < -0.39 is 0 Å². The van der Waals surface area contributed by atoms with Gasteiger partial charge in [-0.05, 0) is 12.5 Å². The summed E-state index contributed by atoms with van der Waals surface area (Å²) in [7, 11) is 1.90. The molecule has 0 amide bonds. The second-order valence-electron chi connectivity index (χ2n) is 4.02. The maximum Gasteiger partial charge on any atom is 0.0908 e. The van der Waals surface area contributed by atoms with E-state index in [9.17, 15) is 0 Å². The molecule has 0 aromatic carbocycles. The van der Waals surface area contributed by atoms with Crippen molar-refractivity contribution in [2.45, 2.75) is 25.9 Å². The summed E-state index contributed by atoms with van der Waals surface area (Å²) in [6.07, 6.45) is 6.68. The van der Waals surface area contributed by atoms with Gasteiger partial charge in [-0.1, -0.05) is 6.92 Å². The molecule has 0 spiro atoms. The van der Waals surface area contributed by atoms with Crippen LogP contribution < -0.4 is 11.3 Å². The summed E-state index contributed by atoms with van der Waals surface area (Å²) in [5.74, 6) is 5.62. The lowest BCUT2D eigenvalue weighted by molar-refractivity contribution is 0.570. The number of hydrogen-bond acceptors (Lipinski definition) is 4. The van der Waals surface area contributed by atoms with Crippen molar-refractivity contribution >= 4 is 0 Å². The van der Waals surface area contributed by atoms with Gasteiger partial charge in [0.1, 0.15) is 0 Å². The highest BCUT2D eigenvalue weighted by Crippen LogP contribution is 2.19. The van der Waals surface area contributed by atoms with Crippen LogP contribution in [0.25, 0.3) is 0 Å². The van der Waals surface area contributed by atoms with E-state index in [0.29, 0.717) is 0 Å². The topological polar surface area (TPSA) is 73.7 Å². The third-order valence-corrected chi connectivity index (χ3v) is 2.76. The highest BCUT2D eigenvalue weighted by atomic mass is 15.3. The van der Waals surface area contributed by atoms with Crippen molar-refractivity contribution in [1.29, 1.82) is 0 Å². The molecule has 6 heteroatoms. The number of aryl methyl sites for hydroxylation is 2. The Hall–Kier alpha value is -1.66. The predicted octanol–water partition coefficient (Wildman–Crippen LogP) is 0.579. The van der Waals surface area contributed by atoms with E-state index in [0.717, 1.165) is 24.2 Å². The highest BCUT2D eigenvalue weighted by molar-refractivity contribution is 5.23. The van der Waals surface area contributed by atoms with Gasteiger partial charge in [-0.2, -0.15) is 10.2 Å². The fraction of sp³-hybridized carbons (Fsp3) is 0.455. The smallest absolute Gasteiger partial charge is 0.0908 e. The van der Waals surface area contributed by atoms with Crippen LogP contribution in [0.4, 0.5) is 0 Å². The van der Waals surface area contributed by atoms with Gasteiger partial charge in [0.05, 0.1) is 17.9 Å². The summed E-state index contributed by atoms with van der Waals surface area (Å²) in [6.45, 7) is 3.05. The molecule has 2 aromatic rings. The van der Waals surface area contributed by atoms with Crippen molar-refractivity contribution < 1.29 is 0 Å². The van der Waals surface area contributed by atoms with Gasteiger partial charge >= 0.3 is 0 Å². The molecule has 0 radical (unpaired) electrons. The quantitative estimate of drug-likeness (QED) is 0.586. The molecular weight excluding hydrogens is 216 g/mol. The average Bonchev–Trinajstić information content (AvgIpc) is 2.92. The molecule has 0 aliphatic carbocycles. The molecular formula is C11H18N6. The Morgan fingerprint density at radius 2 is 2.29 bits per heavy atom. The van der Waals surface area contributed by atoms with E-state index in [1.165, 1.54) is 0 Å². The maximum absolute atomic E-state index is 5.62. The first-order valence-electron chi connectivity index (χ1n) is 5.72. The third-order valence-electron chi connectivity index (χ3n) is 2.76. The number of nitrogens with two attached hydrogens (primary N) is 1. The molecule has 2 rings (SSSR count). The van der Waals surface area contributed by atoms with Crippen LogP contribution in [0.2, 0.25) is 0 Å². The van der Waals surface area contributed by atoms with Crippen LogP contribution in [-0.4, -0.2) is 19.6 Å². The predicted molar refractivity (Wildman–Crippen MR) is 64.9 cm³/mol. The molecule has 1 unspecified atom stereocenters. The summed E-state index contributed by atoms with van der Waals surface area (Å²) in [4.78, 5) is 0. The maximum atomic E-state index is 5.62. The molecule has 0 fully saturated rings. The second kappa shape index (κ2) is 5.11. The number of nitrogens with one attached hydrogen (secondary N) is 1. The normalized spacial score (nSPS) is 12.9. The summed E-state index contributed by atoms with van der Waals surface area (Å²) < 4.78 is 3.73. The van der Waals surface area contributed by atoms with E-state index >= 15 is 0 Å². The van der Waals surface area contributed by atoms with Crippen LogP contribution in [0, 0.1) is 0 Å². The van der Waals surface area contributed by atoms with Crippen LogP contribution in [0.5, 0.6) is 0 Å². The van der Waals surface area contributed by atoms with Crippen molar-refractivity contribution in [2.75, 3.05) is 0 Å². The Morgan fingerprint density at radius 1 is 1.47 bits per heavy atom. The monoisotopic (exact) mass is 234 g/mol. The molecule has 0 bridgehead atoms. The minimum absolute atomic E-state index is 0.0758. The fourth-order valence-electron chi connectivity index (χ4n) is 1.90. The number of rotatable bonds is 5. The van der Waals surface area contributed by atoms with Gasteiger partial charge in [0.2, 0.25) is 0 Å². The van der Waals surface area contributed by atoms with Gasteiger partial charge in [-0.3, -0.25) is 15.2 Å². The Balaban J connectivity index is 2.26. The number of hydrogen-bond donors (Lipinski definition) is 2. The Bertz CT molecular complexity index is 472. The number of hydrazine groups is 1. The minimum atomic E-state index is -0.0758. The molecule has 1 atom stereocenters. The van der Waals surface area contributed by atoms with Gasteiger partial charge < -0.3 is 0 Å². The zero-order valence-corrected chi connectivity index (χ0v) is 10.2. The average molecular weight is 234 g/mol. The van der Waals surface area contributed by atoms with E-state index in [1.54, 1.807) is 6.20 Å². The molecule has 6 nitrogen and oxygen atoms in total. The first-order valence-corrected chi connectivity index (χ1v) is 5.72. The first kappa shape index (κ1) is 11.8.